The zero-order valence-corrected chi connectivity index (χ0v) is 12.5. The summed E-state index contributed by atoms with van der Waals surface area (Å²) >= 11 is 15.6. The van der Waals surface area contributed by atoms with Gasteiger partial charge in [-0.1, -0.05) is 35.3 Å². The van der Waals surface area contributed by atoms with Crippen molar-refractivity contribution in [3.63, 3.8) is 0 Å². The van der Waals surface area contributed by atoms with Crippen molar-refractivity contribution in [2.45, 2.75) is 12.5 Å². The van der Waals surface area contributed by atoms with Crippen LogP contribution >= 0.6 is 39.1 Å². The first-order chi connectivity index (χ1) is 8.59. The highest BCUT2D eigenvalue weighted by Crippen LogP contribution is 2.29. The second-order valence-corrected chi connectivity index (χ2v) is 5.53. The first-order valence-electron chi connectivity index (χ1n) is 5.38. The van der Waals surface area contributed by atoms with Gasteiger partial charge in [-0.3, -0.25) is 4.98 Å². The van der Waals surface area contributed by atoms with Gasteiger partial charge in [0, 0.05) is 10.7 Å². The van der Waals surface area contributed by atoms with Gasteiger partial charge in [0.25, 0.3) is 0 Å². The zero-order chi connectivity index (χ0) is 13.1. The van der Waals surface area contributed by atoms with Gasteiger partial charge < -0.3 is 5.73 Å². The molecule has 0 saturated carbocycles. The smallest absolute Gasteiger partial charge is 0.0716 e. The van der Waals surface area contributed by atoms with Crippen molar-refractivity contribution in [3.05, 3.63) is 62.3 Å². The maximum Gasteiger partial charge on any atom is 0.0716 e. The fraction of sp³-hybridized carbons (Fsp3) is 0.154. The predicted molar refractivity (Wildman–Crippen MR) is 79.0 cm³/mol. The lowest BCUT2D eigenvalue weighted by Gasteiger charge is -2.14. The van der Waals surface area contributed by atoms with Crippen molar-refractivity contribution in [1.29, 1.82) is 0 Å². The third-order valence-corrected chi connectivity index (χ3v) is 4.14. The lowest BCUT2D eigenvalue weighted by molar-refractivity contribution is 0.692. The summed E-state index contributed by atoms with van der Waals surface area (Å²) in [5, 5.41) is 1.10. The molecule has 2 aromatic rings. The summed E-state index contributed by atoms with van der Waals surface area (Å²) < 4.78 is 0.899. The molecule has 1 atom stereocenters. The van der Waals surface area contributed by atoms with Crippen LogP contribution in [0.1, 0.15) is 17.3 Å². The monoisotopic (exact) mass is 344 g/mol. The number of rotatable bonds is 3. The second-order valence-electron chi connectivity index (χ2n) is 3.89. The van der Waals surface area contributed by atoms with Crippen molar-refractivity contribution >= 4 is 39.1 Å². The van der Waals surface area contributed by atoms with Crippen molar-refractivity contribution in [1.82, 2.24) is 4.98 Å². The molecule has 0 saturated heterocycles. The van der Waals surface area contributed by atoms with Crippen LogP contribution in [0.15, 0.2) is 41.0 Å². The third-order valence-electron chi connectivity index (χ3n) is 2.61. The number of nitrogens with two attached hydrogens (primary N) is 1. The third kappa shape index (κ3) is 3.04. The molecule has 94 valence electrons. The molecule has 2 rings (SSSR count). The Morgan fingerprint density at radius 3 is 2.72 bits per heavy atom. The highest BCUT2D eigenvalue weighted by atomic mass is 79.9. The average Bonchev–Trinajstić information content (AvgIpc) is 2.35. The Hall–Kier alpha value is -0.610. The molecule has 0 radical (unpaired) electrons. The van der Waals surface area contributed by atoms with Crippen LogP contribution < -0.4 is 5.73 Å². The van der Waals surface area contributed by atoms with E-state index in [-0.39, 0.29) is 6.04 Å². The molecular weight excluding hydrogens is 335 g/mol. The van der Waals surface area contributed by atoms with Crippen LogP contribution in [0.4, 0.5) is 0 Å². The summed E-state index contributed by atoms with van der Waals surface area (Å²) in [5.74, 6) is 0. The Kier molecular flexibility index (Phi) is 4.62. The standard InChI is InChI=1S/C13H11BrCl2N2/c14-9-4-2-6-18-13(9)11(17)7-8-3-1-5-10(15)12(8)16/h1-6,11H,7,17H2. The molecule has 1 heterocycles. The van der Waals surface area contributed by atoms with Gasteiger partial charge in [-0.2, -0.15) is 0 Å². The molecule has 0 spiro atoms. The van der Waals surface area contributed by atoms with Crippen LogP contribution in [0.5, 0.6) is 0 Å². The van der Waals surface area contributed by atoms with E-state index in [1.165, 1.54) is 0 Å². The fourth-order valence-corrected chi connectivity index (χ4v) is 2.66. The van der Waals surface area contributed by atoms with E-state index in [4.69, 9.17) is 28.9 Å². The Bertz CT molecular complexity index is 560. The molecule has 1 aromatic carbocycles. The first-order valence-corrected chi connectivity index (χ1v) is 6.93. The van der Waals surface area contributed by atoms with Crippen LogP contribution in [0, 0.1) is 0 Å². The lowest BCUT2D eigenvalue weighted by atomic mass is 10.0. The minimum atomic E-state index is -0.225. The highest BCUT2D eigenvalue weighted by Gasteiger charge is 2.14. The molecule has 18 heavy (non-hydrogen) atoms. The van der Waals surface area contributed by atoms with Crippen LogP contribution in [-0.4, -0.2) is 4.98 Å². The van der Waals surface area contributed by atoms with Crippen LogP contribution in [0.2, 0.25) is 10.0 Å². The van der Waals surface area contributed by atoms with Crippen molar-refractivity contribution in [2.24, 2.45) is 5.73 Å². The van der Waals surface area contributed by atoms with Crippen molar-refractivity contribution in [3.8, 4) is 0 Å². The second kappa shape index (κ2) is 6.02. The van der Waals surface area contributed by atoms with E-state index >= 15 is 0 Å². The van der Waals surface area contributed by atoms with Gasteiger partial charge in [-0.15, -0.1) is 0 Å². The quantitative estimate of drug-likeness (QED) is 0.895. The minimum absolute atomic E-state index is 0.225. The first kappa shape index (κ1) is 13.8. The molecule has 2 nitrogen and oxygen atoms in total. The summed E-state index contributed by atoms with van der Waals surface area (Å²) in [5.41, 5.74) is 7.89. The van der Waals surface area contributed by atoms with E-state index in [1.807, 2.05) is 24.3 Å². The molecule has 0 aliphatic heterocycles. The van der Waals surface area contributed by atoms with E-state index < -0.39 is 0 Å². The van der Waals surface area contributed by atoms with Crippen LogP contribution in [0.3, 0.4) is 0 Å². The van der Waals surface area contributed by atoms with Gasteiger partial charge >= 0.3 is 0 Å². The van der Waals surface area contributed by atoms with E-state index in [9.17, 15) is 0 Å². The number of hydrogen-bond acceptors (Lipinski definition) is 2. The van der Waals surface area contributed by atoms with Crippen LogP contribution in [-0.2, 0) is 6.42 Å². The van der Waals surface area contributed by atoms with Gasteiger partial charge in [-0.05, 0) is 46.1 Å². The van der Waals surface area contributed by atoms with E-state index in [1.54, 1.807) is 12.3 Å². The van der Waals surface area contributed by atoms with Gasteiger partial charge in [0.05, 0.1) is 21.8 Å². The molecule has 0 aliphatic rings. The van der Waals surface area contributed by atoms with E-state index in [2.05, 4.69) is 20.9 Å². The molecule has 1 unspecified atom stereocenters. The average molecular weight is 346 g/mol. The number of benzene rings is 1. The maximum atomic E-state index is 6.15. The van der Waals surface area contributed by atoms with Crippen molar-refractivity contribution < 1.29 is 0 Å². The minimum Gasteiger partial charge on any atom is -0.322 e. The number of hydrogen-bond donors (Lipinski definition) is 1. The lowest BCUT2D eigenvalue weighted by Crippen LogP contribution is -2.15. The molecule has 5 heteroatoms. The predicted octanol–water partition coefficient (Wildman–Crippen LogP) is 4.39. The van der Waals surface area contributed by atoms with Crippen molar-refractivity contribution in [2.75, 3.05) is 0 Å². The number of aromatic nitrogens is 1. The van der Waals surface area contributed by atoms with E-state index in [0.29, 0.717) is 16.5 Å². The van der Waals surface area contributed by atoms with Gasteiger partial charge in [-0.25, -0.2) is 0 Å². The molecule has 0 amide bonds. The summed E-state index contributed by atoms with van der Waals surface area (Å²) in [4.78, 5) is 4.28. The van der Waals surface area contributed by atoms with Gasteiger partial charge in [0.2, 0.25) is 0 Å². The number of halogens is 3. The summed E-state index contributed by atoms with van der Waals surface area (Å²) in [6.07, 6.45) is 2.31. The molecule has 2 N–H and O–H groups in total. The molecule has 1 aromatic heterocycles. The van der Waals surface area contributed by atoms with Gasteiger partial charge in [0.15, 0.2) is 0 Å². The van der Waals surface area contributed by atoms with E-state index in [0.717, 1.165) is 15.7 Å². The normalized spacial score (nSPS) is 12.4. The Morgan fingerprint density at radius 1 is 1.22 bits per heavy atom. The zero-order valence-electron chi connectivity index (χ0n) is 9.41. The maximum absolute atomic E-state index is 6.15. The Morgan fingerprint density at radius 2 is 2.00 bits per heavy atom. The highest BCUT2D eigenvalue weighted by molar-refractivity contribution is 9.10. The van der Waals surface area contributed by atoms with Crippen LogP contribution in [0.25, 0.3) is 0 Å². The summed E-state index contributed by atoms with van der Waals surface area (Å²) in [6.45, 7) is 0. The summed E-state index contributed by atoms with van der Waals surface area (Å²) in [6, 6.07) is 9.09. The summed E-state index contributed by atoms with van der Waals surface area (Å²) in [7, 11) is 0. The SMILES string of the molecule is NC(Cc1cccc(Cl)c1Cl)c1ncccc1Br. The molecule has 0 bridgehead atoms. The topological polar surface area (TPSA) is 38.9 Å². The Labute approximate surface area is 124 Å². The number of pyridine rings is 1. The molecular formula is C13H11BrCl2N2. The Balaban J connectivity index is 2.24. The largest absolute Gasteiger partial charge is 0.322 e. The fourth-order valence-electron chi connectivity index (χ4n) is 1.71. The number of nitrogens with zero attached hydrogens (tertiary/aromatic N) is 1. The molecule has 0 fully saturated rings. The molecule has 0 aliphatic carbocycles. The van der Waals surface area contributed by atoms with Gasteiger partial charge in [0.1, 0.15) is 0 Å².